The van der Waals surface area contributed by atoms with Crippen LogP contribution in [0.5, 0.6) is 0 Å². The molecule has 5 heteroatoms. The van der Waals surface area contributed by atoms with Crippen LogP contribution in [-0.2, 0) is 6.18 Å². The summed E-state index contributed by atoms with van der Waals surface area (Å²) in [6.07, 6.45) is -4.41. The highest BCUT2D eigenvalue weighted by atomic mass is 32.2. The van der Waals surface area contributed by atoms with E-state index in [4.69, 9.17) is 0 Å². The highest BCUT2D eigenvalue weighted by Gasteiger charge is 2.36. The maximum atomic E-state index is 13.6. The minimum Gasteiger partial charge on any atom is -0.353 e. The molecule has 0 aromatic heterocycles. The fourth-order valence-electron chi connectivity index (χ4n) is 2.85. The zero-order valence-electron chi connectivity index (χ0n) is 12.4. The van der Waals surface area contributed by atoms with E-state index in [1.54, 1.807) is 30.3 Å². The van der Waals surface area contributed by atoms with Gasteiger partial charge < -0.3 is 5.32 Å². The Balaban J connectivity index is 1.97. The third-order valence-corrected chi connectivity index (χ3v) is 5.04. The number of anilines is 2. The molecule has 3 aromatic carbocycles. The van der Waals surface area contributed by atoms with Crippen LogP contribution in [0.4, 0.5) is 24.5 Å². The van der Waals surface area contributed by atoms with E-state index in [1.165, 1.54) is 23.9 Å². The van der Waals surface area contributed by atoms with Crippen LogP contribution in [0.2, 0.25) is 0 Å². The lowest BCUT2D eigenvalue weighted by Crippen LogP contribution is -2.11. The molecule has 4 rings (SSSR count). The molecule has 0 unspecified atom stereocenters. The zero-order chi connectivity index (χ0) is 16.7. The van der Waals surface area contributed by atoms with Gasteiger partial charge in [0.1, 0.15) is 0 Å². The Morgan fingerprint density at radius 3 is 2.21 bits per heavy atom. The SMILES string of the molecule is FC(F)(F)c1ccc2c(c1-c1ccccc1)Nc1ccccc1S2. The Kier molecular flexibility index (Phi) is 3.53. The quantitative estimate of drug-likeness (QED) is 0.419. The molecule has 0 saturated heterocycles. The van der Waals surface area contributed by atoms with E-state index in [9.17, 15) is 13.2 Å². The van der Waals surface area contributed by atoms with E-state index < -0.39 is 11.7 Å². The number of rotatable bonds is 1. The highest BCUT2D eigenvalue weighted by molar-refractivity contribution is 7.99. The van der Waals surface area contributed by atoms with Crippen LogP contribution in [-0.4, -0.2) is 0 Å². The van der Waals surface area contributed by atoms with Gasteiger partial charge in [-0.1, -0.05) is 54.2 Å². The lowest BCUT2D eigenvalue weighted by molar-refractivity contribution is -0.137. The maximum Gasteiger partial charge on any atom is 0.417 e. The molecule has 0 spiro atoms. The smallest absolute Gasteiger partial charge is 0.353 e. The fourth-order valence-corrected chi connectivity index (χ4v) is 3.85. The Morgan fingerprint density at radius 1 is 0.750 bits per heavy atom. The maximum absolute atomic E-state index is 13.6. The van der Waals surface area contributed by atoms with Gasteiger partial charge in [-0.3, -0.25) is 0 Å². The van der Waals surface area contributed by atoms with Crippen molar-refractivity contribution < 1.29 is 13.2 Å². The molecule has 0 radical (unpaired) electrons. The molecular weight excluding hydrogens is 331 g/mol. The van der Waals surface area contributed by atoms with E-state index in [0.29, 0.717) is 11.3 Å². The molecule has 1 aliphatic heterocycles. The molecule has 0 saturated carbocycles. The van der Waals surface area contributed by atoms with Crippen LogP contribution in [0.1, 0.15) is 5.56 Å². The van der Waals surface area contributed by atoms with Crippen LogP contribution in [0.3, 0.4) is 0 Å². The first-order valence-corrected chi connectivity index (χ1v) is 8.19. The molecule has 3 aromatic rings. The molecule has 1 heterocycles. The monoisotopic (exact) mass is 343 g/mol. The highest BCUT2D eigenvalue weighted by Crippen LogP contribution is 2.51. The van der Waals surface area contributed by atoms with E-state index in [0.717, 1.165) is 15.5 Å². The van der Waals surface area contributed by atoms with Crippen molar-refractivity contribution in [3.05, 3.63) is 72.3 Å². The first-order valence-electron chi connectivity index (χ1n) is 7.37. The summed E-state index contributed by atoms with van der Waals surface area (Å²) in [6, 6.07) is 19.0. The Labute approximate surface area is 141 Å². The first kappa shape index (κ1) is 15.1. The van der Waals surface area contributed by atoms with Crippen LogP contribution in [0.25, 0.3) is 11.1 Å². The number of halogens is 3. The number of nitrogens with one attached hydrogen (secondary N) is 1. The minimum absolute atomic E-state index is 0.197. The third kappa shape index (κ3) is 2.55. The van der Waals surface area contributed by atoms with Gasteiger partial charge in [-0.25, -0.2) is 0 Å². The lowest BCUT2D eigenvalue weighted by Gasteiger charge is -2.26. The summed E-state index contributed by atoms with van der Waals surface area (Å²) in [5.74, 6) is 0. The lowest BCUT2D eigenvalue weighted by atomic mass is 9.96. The van der Waals surface area contributed by atoms with Gasteiger partial charge in [0.25, 0.3) is 0 Å². The predicted octanol–water partition coefficient (Wildman–Crippen LogP) is 6.58. The van der Waals surface area contributed by atoms with E-state index >= 15 is 0 Å². The number of hydrogen-bond acceptors (Lipinski definition) is 2. The van der Waals surface area contributed by atoms with Crippen molar-refractivity contribution in [3.63, 3.8) is 0 Å². The van der Waals surface area contributed by atoms with Gasteiger partial charge in [-0.2, -0.15) is 13.2 Å². The average Bonchev–Trinajstić information content (AvgIpc) is 2.59. The van der Waals surface area contributed by atoms with Crippen LogP contribution in [0, 0.1) is 0 Å². The Hall–Kier alpha value is -2.40. The van der Waals surface area contributed by atoms with Crippen molar-refractivity contribution in [1.29, 1.82) is 0 Å². The number of alkyl halides is 3. The molecule has 0 amide bonds. The van der Waals surface area contributed by atoms with Crippen molar-refractivity contribution >= 4 is 23.1 Å². The third-order valence-electron chi connectivity index (χ3n) is 3.90. The van der Waals surface area contributed by atoms with E-state index in [-0.39, 0.29) is 5.56 Å². The molecular formula is C19H12F3NS. The van der Waals surface area contributed by atoms with E-state index in [1.807, 2.05) is 24.3 Å². The van der Waals surface area contributed by atoms with Crippen molar-refractivity contribution in [2.75, 3.05) is 5.32 Å². The van der Waals surface area contributed by atoms with Gasteiger partial charge in [0.15, 0.2) is 0 Å². The summed E-state index contributed by atoms with van der Waals surface area (Å²) in [6.45, 7) is 0. The van der Waals surface area contributed by atoms with Crippen molar-refractivity contribution in [1.82, 2.24) is 0 Å². The van der Waals surface area contributed by atoms with Crippen LogP contribution < -0.4 is 5.32 Å². The Morgan fingerprint density at radius 2 is 1.46 bits per heavy atom. The molecule has 120 valence electrons. The topological polar surface area (TPSA) is 12.0 Å². The second-order valence-corrected chi connectivity index (χ2v) is 6.53. The summed E-state index contributed by atoms with van der Waals surface area (Å²) in [7, 11) is 0. The standard InChI is InChI=1S/C19H12F3NS/c20-19(21,22)13-10-11-16-18(17(13)12-6-2-1-3-7-12)23-14-8-4-5-9-15(14)24-16/h1-11,23H. The number of hydrogen-bond donors (Lipinski definition) is 1. The van der Waals surface area contributed by atoms with Gasteiger partial charge in [-0.05, 0) is 29.8 Å². The van der Waals surface area contributed by atoms with Gasteiger partial charge in [0.05, 0.1) is 16.9 Å². The zero-order valence-corrected chi connectivity index (χ0v) is 13.2. The molecule has 1 nitrogen and oxygen atoms in total. The Bertz CT molecular complexity index is 904. The second-order valence-electron chi connectivity index (χ2n) is 5.45. The van der Waals surface area contributed by atoms with Crippen molar-refractivity contribution in [2.45, 2.75) is 16.0 Å². The molecule has 1 aliphatic rings. The fraction of sp³-hybridized carbons (Fsp3) is 0.0526. The molecule has 0 aliphatic carbocycles. The van der Waals surface area contributed by atoms with Crippen LogP contribution in [0.15, 0.2) is 76.5 Å². The van der Waals surface area contributed by atoms with Gasteiger partial charge >= 0.3 is 6.18 Å². The minimum atomic E-state index is -4.41. The van der Waals surface area contributed by atoms with Crippen LogP contribution >= 0.6 is 11.8 Å². The molecule has 0 bridgehead atoms. The second kappa shape index (κ2) is 5.60. The first-order chi connectivity index (χ1) is 11.5. The number of benzene rings is 3. The largest absolute Gasteiger partial charge is 0.417 e. The summed E-state index contributed by atoms with van der Waals surface area (Å²) in [4.78, 5) is 1.80. The van der Waals surface area contributed by atoms with Crippen molar-refractivity contribution in [3.8, 4) is 11.1 Å². The molecule has 0 fully saturated rings. The van der Waals surface area contributed by atoms with Gasteiger partial charge in [0.2, 0.25) is 0 Å². The van der Waals surface area contributed by atoms with Crippen molar-refractivity contribution in [2.24, 2.45) is 0 Å². The normalized spacial score (nSPS) is 13.0. The number of para-hydroxylation sites is 1. The van der Waals surface area contributed by atoms with E-state index in [2.05, 4.69) is 5.32 Å². The summed E-state index contributed by atoms with van der Waals surface area (Å²) in [5.41, 5.74) is 1.46. The summed E-state index contributed by atoms with van der Waals surface area (Å²) in [5, 5.41) is 3.20. The van der Waals surface area contributed by atoms with Gasteiger partial charge in [0, 0.05) is 15.4 Å². The van der Waals surface area contributed by atoms with Gasteiger partial charge in [-0.15, -0.1) is 0 Å². The summed E-state index contributed by atoms with van der Waals surface area (Å²) >= 11 is 1.48. The average molecular weight is 343 g/mol. The predicted molar refractivity (Wildman–Crippen MR) is 90.7 cm³/mol. The summed E-state index contributed by atoms with van der Waals surface area (Å²) < 4.78 is 40.7. The number of fused-ring (bicyclic) bond motifs is 2. The molecule has 1 N–H and O–H groups in total. The molecule has 0 atom stereocenters. The molecule has 24 heavy (non-hydrogen) atoms.